The zero-order chi connectivity index (χ0) is 24.9. The Kier molecular flexibility index (Phi) is 7.52. The Morgan fingerprint density at radius 3 is 2.57 bits per heavy atom. The lowest BCUT2D eigenvalue weighted by Crippen LogP contribution is -2.32. The molecule has 0 spiro atoms. The van der Waals surface area contributed by atoms with Gasteiger partial charge in [-0.3, -0.25) is 9.59 Å². The van der Waals surface area contributed by atoms with Gasteiger partial charge in [0.15, 0.2) is 16.8 Å². The molecule has 1 atom stereocenters. The fraction of sp³-hybridized carbons (Fsp3) is 0.280. The van der Waals surface area contributed by atoms with Crippen molar-refractivity contribution in [2.45, 2.75) is 24.7 Å². The highest BCUT2D eigenvalue weighted by Gasteiger charge is 2.23. The highest BCUT2D eigenvalue weighted by atomic mass is 32.2. The van der Waals surface area contributed by atoms with Crippen LogP contribution in [0.15, 0.2) is 59.9 Å². The number of ketones is 1. The number of fused-ring (bicyclic) bond motifs is 1. The first-order chi connectivity index (χ1) is 17.0. The number of aliphatic hydroxyl groups is 1. The lowest BCUT2D eigenvalue weighted by molar-refractivity contribution is 0.0911. The van der Waals surface area contributed by atoms with Gasteiger partial charge in [0, 0.05) is 41.8 Å². The van der Waals surface area contributed by atoms with Gasteiger partial charge in [-0.05, 0) is 37.3 Å². The number of thioether (sulfide) groups is 1. The minimum Gasteiger partial charge on any atom is -0.497 e. The van der Waals surface area contributed by atoms with Crippen LogP contribution in [0.1, 0.15) is 39.5 Å². The minimum absolute atomic E-state index is 0.00512. The van der Waals surface area contributed by atoms with Gasteiger partial charge < -0.3 is 24.3 Å². The number of ether oxygens (including phenoxy) is 1. The Balaban J connectivity index is 1.45. The number of carbonyl (C=O) groups is 2. The van der Waals surface area contributed by atoms with Crippen molar-refractivity contribution in [3.05, 3.63) is 71.7 Å². The first kappa shape index (κ1) is 24.5. The monoisotopic (exact) mass is 493 g/mol. The number of methoxy groups -OCH3 is 1. The maximum Gasteiger partial charge on any atom is 0.251 e. The molecule has 9 nitrogen and oxygen atoms in total. The van der Waals surface area contributed by atoms with E-state index >= 15 is 0 Å². The third kappa shape index (κ3) is 5.08. The third-order valence-electron chi connectivity index (χ3n) is 5.78. The van der Waals surface area contributed by atoms with Crippen LogP contribution >= 0.6 is 11.8 Å². The molecule has 2 N–H and O–H groups in total. The summed E-state index contributed by atoms with van der Waals surface area (Å²) in [5.41, 5.74) is 2.14. The minimum atomic E-state index is -0.755. The molecule has 182 valence electrons. The van der Waals surface area contributed by atoms with Crippen molar-refractivity contribution in [2.24, 2.45) is 7.05 Å². The van der Waals surface area contributed by atoms with Crippen LogP contribution in [0, 0.1) is 0 Å². The molecule has 0 saturated heterocycles. The highest BCUT2D eigenvalue weighted by Crippen LogP contribution is 2.25. The molecule has 4 aromatic rings. The van der Waals surface area contributed by atoms with Crippen molar-refractivity contribution < 1.29 is 19.4 Å². The maximum atomic E-state index is 13.0. The van der Waals surface area contributed by atoms with Crippen LogP contribution in [-0.4, -0.2) is 55.6 Å². The van der Waals surface area contributed by atoms with Gasteiger partial charge in [0.25, 0.3) is 5.91 Å². The Morgan fingerprint density at radius 2 is 1.89 bits per heavy atom. The topological polar surface area (TPSA) is 111 Å². The summed E-state index contributed by atoms with van der Waals surface area (Å²) >= 11 is 1.27. The van der Waals surface area contributed by atoms with E-state index in [9.17, 15) is 14.7 Å². The van der Waals surface area contributed by atoms with Crippen molar-refractivity contribution in [1.29, 1.82) is 0 Å². The molecule has 0 radical (unpaired) electrons. The number of hydrogen-bond acceptors (Lipinski definition) is 7. The second kappa shape index (κ2) is 10.7. The van der Waals surface area contributed by atoms with Gasteiger partial charge in [0.2, 0.25) is 0 Å². The maximum absolute atomic E-state index is 13.0. The zero-order valence-electron chi connectivity index (χ0n) is 19.8. The number of Topliss-reactive ketones (excluding diaryl/α,β-unsaturated/α-hetero) is 1. The van der Waals surface area contributed by atoms with E-state index in [1.54, 1.807) is 43.0 Å². The van der Waals surface area contributed by atoms with Crippen LogP contribution in [0.3, 0.4) is 0 Å². The van der Waals surface area contributed by atoms with Crippen molar-refractivity contribution in [2.75, 3.05) is 19.5 Å². The second-order valence-electron chi connectivity index (χ2n) is 7.89. The number of nitrogens with one attached hydrogen (secondary N) is 1. The molecule has 2 heterocycles. The first-order valence-electron chi connectivity index (χ1n) is 11.2. The van der Waals surface area contributed by atoms with Gasteiger partial charge >= 0.3 is 0 Å². The van der Waals surface area contributed by atoms with E-state index in [-0.39, 0.29) is 24.1 Å². The van der Waals surface area contributed by atoms with Crippen molar-refractivity contribution in [3.63, 3.8) is 0 Å². The number of para-hydroxylation sites is 1. The largest absolute Gasteiger partial charge is 0.497 e. The number of amides is 1. The summed E-state index contributed by atoms with van der Waals surface area (Å²) < 4.78 is 8.86. The van der Waals surface area contributed by atoms with E-state index in [4.69, 9.17) is 4.74 Å². The Bertz CT molecular complexity index is 1350. The normalized spacial score (nSPS) is 12.0. The summed E-state index contributed by atoms with van der Waals surface area (Å²) in [6.45, 7) is 2.47. The Hall–Kier alpha value is -3.63. The molecule has 0 saturated carbocycles. The summed E-state index contributed by atoms with van der Waals surface area (Å²) in [4.78, 5) is 25.7. The molecule has 0 aliphatic rings. The molecule has 35 heavy (non-hydrogen) atoms. The van der Waals surface area contributed by atoms with Gasteiger partial charge in [0.1, 0.15) is 11.8 Å². The second-order valence-corrected chi connectivity index (χ2v) is 8.84. The molecule has 10 heteroatoms. The van der Waals surface area contributed by atoms with Gasteiger partial charge in [-0.1, -0.05) is 30.0 Å². The molecule has 1 unspecified atom stereocenters. The van der Waals surface area contributed by atoms with Crippen molar-refractivity contribution in [3.8, 4) is 5.75 Å². The van der Waals surface area contributed by atoms with Gasteiger partial charge in [-0.2, -0.15) is 0 Å². The lowest BCUT2D eigenvalue weighted by atomic mass is 10.1. The average Bonchev–Trinajstić information content (AvgIpc) is 3.46. The molecular formula is C25H27N5O4S. The van der Waals surface area contributed by atoms with Crippen LogP contribution < -0.4 is 10.1 Å². The van der Waals surface area contributed by atoms with E-state index < -0.39 is 6.04 Å². The molecule has 2 aromatic carbocycles. The fourth-order valence-electron chi connectivity index (χ4n) is 3.87. The zero-order valence-corrected chi connectivity index (χ0v) is 20.6. The molecule has 2 aromatic heterocycles. The van der Waals surface area contributed by atoms with Crippen molar-refractivity contribution in [1.82, 2.24) is 24.6 Å². The predicted octanol–water partition coefficient (Wildman–Crippen LogP) is 3.24. The molecular weight excluding hydrogens is 466 g/mol. The standard InChI is InChI=1S/C25H27N5O4S/c1-4-30-13-19(18-7-5-6-8-21(18)30)22(32)15-35-25-28-27-23(29(25)2)20(14-31)26-24(33)16-9-11-17(34-3)12-10-16/h5-13,20,31H,4,14-15H2,1-3H3,(H,26,33). The van der Waals surface area contributed by atoms with Crippen LogP contribution in [-0.2, 0) is 13.6 Å². The molecule has 0 aliphatic carbocycles. The molecule has 0 aliphatic heterocycles. The number of rotatable bonds is 10. The number of carbonyl (C=O) groups excluding carboxylic acids is 2. The van der Waals surface area contributed by atoms with E-state index in [1.165, 1.54) is 11.8 Å². The summed E-state index contributed by atoms with van der Waals surface area (Å²) in [6, 6.07) is 13.8. The highest BCUT2D eigenvalue weighted by molar-refractivity contribution is 7.99. The average molecular weight is 494 g/mol. The van der Waals surface area contributed by atoms with Crippen LogP contribution in [0.5, 0.6) is 5.75 Å². The van der Waals surface area contributed by atoms with E-state index in [1.807, 2.05) is 37.4 Å². The Labute approximate surface area is 207 Å². The quantitative estimate of drug-likeness (QED) is 0.258. The van der Waals surface area contributed by atoms with Gasteiger partial charge in [-0.15, -0.1) is 10.2 Å². The predicted molar refractivity (Wildman–Crippen MR) is 134 cm³/mol. The van der Waals surface area contributed by atoms with Gasteiger partial charge in [-0.25, -0.2) is 0 Å². The number of nitrogens with zero attached hydrogens (tertiary/aromatic N) is 4. The molecule has 4 rings (SSSR count). The van der Waals surface area contributed by atoms with E-state index in [0.717, 1.165) is 17.4 Å². The molecule has 0 bridgehead atoms. The molecule has 1 amide bonds. The molecule has 0 fully saturated rings. The van der Waals surface area contributed by atoms with E-state index in [0.29, 0.717) is 27.9 Å². The number of benzene rings is 2. The van der Waals surface area contributed by atoms with Crippen LogP contribution in [0.2, 0.25) is 0 Å². The lowest BCUT2D eigenvalue weighted by Gasteiger charge is -2.16. The Morgan fingerprint density at radius 1 is 1.14 bits per heavy atom. The fourth-order valence-corrected chi connectivity index (χ4v) is 4.67. The van der Waals surface area contributed by atoms with Crippen LogP contribution in [0.25, 0.3) is 10.9 Å². The third-order valence-corrected chi connectivity index (χ3v) is 6.80. The van der Waals surface area contributed by atoms with Gasteiger partial charge in [0.05, 0.1) is 19.5 Å². The number of aliphatic hydroxyl groups excluding tert-OH is 1. The first-order valence-corrected chi connectivity index (χ1v) is 12.1. The van der Waals surface area contributed by atoms with E-state index in [2.05, 4.69) is 20.1 Å². The summed E-state index contributed by atoms with van der Waals surface area (Å²) in [5.74, 6) is 0.864. The summed E-state index contributed by atoms with van der Waals surface area (Å²) in [5, 5.41) is 22.5. The van der Waals surface area contributed by atoms with Crippen molar-refractivity contribution >= 4 is 34.4 Å². The number of aryl methyl sites for hydroxylation is 1. The summed E-state index contributed by atoms with van der Waals surface area (Å²) in [6.07, 6.45) is 1.89. The van der Waals surface area contributed by atoms with Crippen LogP contribution in [0.4, 0.5) is 0 Å². The smallest absolute Gasteiger partial charge is 0.251 e. The SMILES string of the molecule is CCn1cc(C(=O)CSc2nnc(C(CO)NC(=O)c3ccc(OC)cc3)n2C)c2ccccc21. The number of aromatic nitrogens is 4. The summed E-state index contributed by atoms with van der Waals surface area (Å²) in [7, 11) is 3.30. The number of hydrogen-bond donors (Lipinski definition) is 2.